The number of amides is 1. The van der Waals surface area contributed by atoms with Gasteiger partial charge in [0.25, 0.3) is 0 Å². The Hall–Kier alpha value is -0.980. The number of hydrogen-bond donors (Lipinski definition) is 2. The molecule has 1 amide bonds. The molecular weight excluding hydrogens is 303 g/mol. The van der Waals surface area contributed by atoms with E-state index in [0.717, 1.165) is 0 Å². The maximum absolute atomic E-state index is 13.1. The third-order valence-corrected chi connectivity index (χ3v) is 3.67. The quantitative estimate of drug-likeness (QED) is 0.893. The van der Waals surface area contributed by atoms with E-state index >= 15 is 0 Å². The average Bonchev–Trinajstić information content (AvgIpc) is 2.82. The molecule has 0 aromatic heterocycles. The van der Waals surface area contributed by atoms with Crippen LogP contribution in [-0.2, 0) is 9.53 Å². The topological polar surface area (TPSA) is 50.4 Å². The van der Waals surface area contributed by atoms with Crippen molar-refractivity contribution < 1.29 is 13.9 Å². The van der Waals surface area contributed by atoms with Gasteiger partial charge in [0.05, 0.1) is 24.8 Å². The van der Waals surface area contributed by atoms with Crippen molar-refractivity contribution in [1.82, 2.24) is 5.32 Å². The van der Waals surface area contributed by atoms with Crippen molar-refractivity contribution >= 4 is 27.5 Å². The molecule has 98 valence electrons. The van der Waals surface area contributed by atoms with E-state index in [0.29, 0.717) is 23.4 Å². The van der Waals surface area contributed by atoms with Crippen LogP contribution in [0.4, 0.5) is 10.1 Å². The standard InChI is InChI=1S/C12H14BrFN2O2/c1-15-11-6-18-5-8(11)12(17)16-10-4-7(14)2-3-9(10)13/h2-4,8,11,15H,5-6H2,1H3,(H,16,17). The van der Waals surface area contributed by atoms with E-state index in [1.54, 1.807) is 13.1 Å². The van der Waals surface area contributed by atoms with Crippen LogP contribution in [0.15, 0.2) is 22.7 Å². The van der Waals surface area contributed by atoms with Gasteiger partial charge in [0, 0.05) is 10.5 Å². The second kappa shape index (κ2) is 5.77. The van der Waals surface area contributed by atoms with Crippen molar-refractivity contribution in [1.29, 1.82) is 0 Å². The summed E-state index contributed by atoms with van der Waals surface area (Å²) in [7, 11) is 1.79. The van der Waals surface area contributed by atoms with Crippen molar-refractivity contribution in [2.75, 3.05) is 25.6 Å². The van der Waals surface area contributed by atoms with E-state index in [1.807, 2.05) is 0 Å². The third kappa shape index (κ3) is 2.88. The van der Waals surface area contributed by atoms with Gasteiger partial charge in [-0.05, 0) is 41.2 Å². The van der Waals surface area contributed by atoms with Crippen LogP contribution in [0.3, 0.4) is 0 Å². The molecule has 0 saturated carbocycles. The van der Waals surface area contributed by atoms with E-state index < -0.39 is 0 Å². The average molecular weight is 317 g/mol. The number of likely N-dealkylation sites (N-methyl/N-ethyl adjacent to an activating group) is 1. The SMILES string of the molecule is CNC1COCC1C(=O)Nc1cc(F)ccc1Br. The van der Waals surface area contributed by atoms with Gasteiger partial charge in [-0.15, -0.1) is 0 Å². The smallest absolute Gasteiger partial charge is 0.231 e. The fourth-order valence-corrected chi connectivity index (χ4v) is 2.26. The molecule has 2 unspecified atom stereocenters. The van der Waals surface area contributed by atoms with E-state index in [1.165, 1.54) is 12.1 Å². The van der Waals surface area contributed by atoms with Crippen LogP contribution in [0.1, 0.15) is 0 Å². The van der Waals surface area contributed by atoms with E-state index in [4.69, 9.17) is 4.74 Å². The van der Waals surface area contributed by atoms with Crippen molar-refractivity contribution in [2.24, 2.45) is 5.92 Å². The molecule has 1 aromatic rings. The summed E-state index contributed by atoms with van der Waals surface area (Å²) in [5.74, 6) is -0.815. The summed E-state index contributed by atoms with van der Waals surface area (Å²) in [6.45, 7) is 0.892. The van der Waals surface area contributed by atoms with Gasteiger partial charge in [0.1, 0.15) is 5.82 Å². The molecule has 2 atom stereocenters. The van der Waals surface area contributed by atoms with Gasteiger partial charge in [-0.1, -0.05) is 0 Å². The fourth-order valence-electron chi connectivity index (χ4n) is 1.92. The molecule has 6 heteroatoms. The summed E-state index contributed by atoms with van der Waals surface area (Å²) < 4.78 is 19.0. The number of benzene rings is 1. The lowest BCUT2D eigenvalue weighted by Gasteiger charge is -2.17. The zero-order valence-electron chi connectivity index (χ0n) is 9.87. The zero-order chi connectivity index (χ0) is 13.1. The highest BCUT2D eigenvalue weighted by atomic mass is 79.9. The molecule has 1 aliphatic heterocycles. The Labute approximate surface area is 113 Å². The molecule has 0 spiro atoms. The second-order valence-electron chi connectivity index (χ2n) is 4.15. The van der Waals surface area contributed by atoms with Crippen LogP contribution in [0, 0.1) is 11.7 Å². The summed E-state index contributed by atoms with van der Waals surface area (Å²) >= 11 is 3.27. The van der Waals surface area contributed by atoms with Crippen molar-refractivity contribution in [3.05, 3.63) is 28.5 Å². The molecule has 1 saturated heterocycles. The number of carbonyl (C=O) groups is 1. The third-order valence-electron chi connectivity index (χ3n) is 2.97. The minimum Gasteiger partial charge on any atom is -0.379 e. The summed E-state index contributed by atoms with van der Waals surface area (Å²) in [6, 6.07) is 4.17. The molecule has 0 aliphatic carbocycles. The largest absolute Gasteiger partial charge is 0.379 e. The van der Waals surface area contributed by atoms with Crippen LogP contribution in [-0.4, -0.2) is 32.2 Å². The highest BCUT2D eigenvalue weighted by Gasteiger charge is 2.33. The van der Waals surface area contributed by atoms with E-state index in [-0.39, 0.29) is 23.7 Å². The van der Waals surface area contributed by atoms with E-state index in [9.17, 15) is 9.18 Å². The Morgan fingerprint density at radius 1 is 1.50 bits per heavy atom. The molecule has 1 heterocycles. The number of hydrogen-bond acceptors (Lipinski definition) is 3. The first-order valence-corrected chi connectivity index (χ1v) is 6.42. The Kier molecular flexibility index (Phi) is 4.31. The lowest BCUT2D eigenvalue weighted by atomic mass is 10.0. The maximum Gasteiger partial charge on any atom is 0.231 e. The first-order valence-electron chi connectivity index (χ1n) is 5.62. The number of halogens is 2. The lowest BCUT2D eigenvalue weighted by Crippen LogP contribution is -2.39. The molecule has 18 heavy (non-hydrogen) atoms. The highest BCUT2D eigenvalue weighted by molar-refractivity contribution is 9.10. The first-order chi connectivity index (χ1) is 8.61. The zero-order valence-corrected chi connectivity index (χ0v) is 11.5. The number of anilines is 1. The maximum atomic E-state index is 13.1. The Morgan fingerprint density at radius 2 is 2.28 bits per heavy atom. The summed E-state index contributed by atoms with van der Waals surface area (Å²) in [4.78, 5) is 12.1. The molecular formula is C12H14BrFN2O2. The molecule has 4 nitrogen and oxygen atoms in total. The second-order valence-corrected chi connectivity index (χ2v) is 5.01. The summed E-state index contributed by atoms with van der Waals surface area (Å²) in [5, 5.41) is 5.75. The number of carbonyl (C=O) groups excluding carboxylic acids is 1. The number of nitrogens with one attached hydrogen (secondary N) is 2. The van der Waals surface area contributed by atoms with E-state index in [2.05, 4.69) is 26.6 Å². The molecule has 1 fully saturated rings. The highest BCUT2D eigenvalue weighted by Crippen LogP contribution is 2.24. The Balaban J connectivity index is 2.09. The summed E-state index contributed by atoms with van der Waals surface area (Å²) in [6.07, 6.45) is 0. The summed E-state index contributed by atoms with van der Waals surface area (Å²) in [5.41, 5.74) is 0.432. The van der Waals surface area contributed by atoms with Crippen molar-refractivity contribution in [2.45, 2.75) is 6.04 Å². The molecule has 0 bridgehead atoms. The van der Waals surface area contributed by atoms with Gasteiger partial charge in [-0.3, -0.25) is 4.79 Å². The van der Waals surface area contributed by atoms with Crippen LogP contribution in [0.5, 0.6) is 0 Å². The van der Waals surface area contributed by atoms with Crippen LogP contribution in [0.2, 0.25) is 0 Å². The van der Waals surface area contributed by atoms with Gasteiger partial charge in [0.15, 0.2) is 0 Å². The number of ether oxygens (including phenoxy) is 1. The molecule has 1 aliphatic rings. The van der Waals surface area contributed by atoms with Crippen LogP contribution >= 0.6 is 15.9 Å². The van der Waals surface area contributed by atoms with Gasteiger partial charge in [-0.2, -0.15) is 0 Å². The minimum atomic E-state index is -0.388. The molecule has 2 N–H and O–H groups in total. The minimum absolute atomic E-state index is 0.00247. The van der Waals surface area contributed by atoms with Gasteiger partial charge < -0.3 is 15.4 Å². The molecule has 2 rings (SSSR count). The van der Waals surface area contributed by atoms with Gasteiger partial charge >= 0.3 is 0 Å². The van der Waals surface area contributed by atoms with Gasteiger partial charge in [-0.25, -0.2) is 4.39 Å². The van der Waals surface area contributed by atoms with Crippen LogP contribution < -0.4 is 10.6 Å². The predicted octanol–water partition coefficient (Wildman–Crippen LogP) is 1.76. The fraction of sp³-hybridized carbons (Fsp3) is 0.417. The first kappa shape index (κ1) is 13.5. The Morgan fingerprint density at radius 3 is 3.00 bits per heavy atom. The Bertz CT molecular complexity index is 456. The molecule has 1 aromatic carbocycles. The monoisotopic (exact) mass is 316 g/mol. The lowest BCUT2D eigenvalue weighted by molar-refractivity contribution is -0.120. The number of rotatable bonds is 3. The van der Waals surface area contributed by atoms with Gasteiger partial charge in [0.2, 0.25) is 5.91 Å². The molecule has 0 radical (unpaired) electrons. The van der Waals surface area contributed by atoms with Crippen molar-refractivity contribution in [3.8, 4) is 0 Å². The normalized spacial score (nSPS) is 23.1. The predicted molar refractivity (Wildman–Crippen MR) is 69.9 cm³/mol. The van der Waals surface area contributed by atoms with Crippen molar-refractivity contribution in [3.63, 3.8) is 0 Å². The van der Waals surface area contributed by atoms with Crippen LogP contribution in [0.25, 0.3) is 0 Å².